The first kappa shape index (κ1) is 20.4. The second kappa shape index (κ2) is 8.57. The van der Waals surface area contributed by atoms with Gasteiger partial charge in [0.1, 0.15) is 17.4 Å². The van der Waals surface area contributed by atoms with Gasteiger partial charge in [-0.1, -0.05) is 18.7 Å². The number of carbonyl (C=O) groups excluding carboxylic acids is 1. The first-order valence-corrected chi connectivity index (χ1v) is 10.3. The average molecular weight is 437 g/mol. The lowest BCUT2D eigenvalue weighted by Gasteiger charge is -2.27. The number of aromatic nitrogens is 3. The fraction of sp³-hybridized carbons (Fsp3) is 0.120. The van der Waals surface area contributed by atoms with Crippen molar-refractivity contribution in [3.63, 3.8) is 0 Å². The van der Waals surface area contributed by atoms with Crippen LogP contribution < -0.4 is 10.1 Å². The van der Waals surface area contributed by atoms with Gasteiger partial charge in [0.05, 0.1) is 24.8 Å². The molecule has 8 nitrogen and oxygen atoms in total. The number of nitrogens with one attached hydrogen (secondary N) is 2. The van der Waals surface area contributed by atoms with Crippen LogP contribution in [0.5, 0.6) is 5.88 Å². The lowest BCUT2D eigenvalue weighted by atomic mass is 10.0. The average Bonchev–Trinajstić information content (AvgIpc) is 3.25. The van der Waals surface area contributed by atoms with E-state index in [0.29, 0.717) is 30.3 Å². The van der Waals surface area contributed by atoms with Crippen molar-refractivity contribution in [1.82, 2.24) is 15.0 Å². The van der Waals surface area contributed by atoms with Gasteiger partial charge in [0, 0.05) is 40.7 Å². The Balaban J connectivity index is 1.55. The molecule has 1 aromatic carbocycles. The summed E-state index contributed by atoms with van der Waals surface area (Å²) in [6, 6.07) is 13.4. The number of benzene rings is 1. The number of amides is 1. The minimum Gasteiger partial charge on any atom is -0.468 e. The number of ether oxygens (including phenoxy) is 2. The van der Waals surface area contributed by atoms with E-state index < -0.39 is 0 Å². The molecular weight excluding hydrogens is 418 g/mol. The van der Waals surface area contributed by atoms with Crippen LogP contribution in [-0.2, 0) is 9.53 Å². The van der Waals surface area contributed by atoms with Gasteiger partial charge in [0.25, 0.3) is 0 Å². The van der Waals surface area contributed by atoms with E-state index >= 15 is 0 Å². The van der Waals surface area contributed by atoms with E-state index in [2.05, 4.69) is 32.9 Å². The normalized spacial score (nSPS) is 13.2. The van der Waals surface area contributed by atoms with Crippen molar-refractivity contribution in [3.05, 3.63) is 73.2 Å². The molecule has 0 unspecified atom stereocenters. The van der Waals surface area contributed by atoms with E-state index in [1.165, 1.54) is 6.08 Å². The summed E-state index contributed by atoms with van der Waals surface area (Å²) >= 11 is 0. The van der Waals surface area contributed by atoms with E-state index in [0.717, 1.165) is 33.3 Å². The summed E-state index contributed by atoms with van der Waals surface area (Å²) in [5, 5.41) is 12.9. The van der Waals surface area contributed by atoms with Crippen molar-refractivity contribution in [3.8, 4) is 34.2 Å². The van der Waals surface area contributed by atoms with Crippen molar-refractivity contribution in [2.45, 2.75) is 6.10 Å². The third-order valence-electron chi connectivity index (χ3n) is 5.35. The van der Waals surface area contributed by atoms with Crippen molar-refractivity contribution in [2.75, 3.05) is 18.5 Å². The first-order valence-electron chi connectivity index (χ1n) is 10.3. The Morgan fingerprint density at radius 3 is 2.79 bits per heavy atom. The second-order valence-corrected chi connectivity index (χ2v) is 7.56. The molecule has 4 heterocycles. The molecule has 1 aliphatic heterocycles. The highest BCUT2D eigenvalue weighted by molar-refractivity contribution is 6.00. The summed E-state index contributed by atoms with van der Waals surface area (Å²) in [5.74, 6) is -0.0329. The quantitative estimate of drug-likeness (QED) is 0.440. The van der Waals surface area contributed by atoms with Gasteiger partial charge in [0.15, 0.2) is 0 Å². The largest absolute Gasteiger partial charge is 0.468 e. The predicted molar refractivity (Wildman–Crippen MR) is 124 cm³/mol. The Kier molecular flexibility index (Phi) is 5.30. The van der Waals surface area contributed by atoms with Crippen molar-refractivity contribution in [2.24, 2.45) is 0 Å². The summed E-state index contributed by atoms with van der Waals surface area (Å²) in [4.78, 5) is 24.1. The summed E-state index contributed by atoms with van der Waals surface area (Å²) < 4.78 is 11.0. The molecule has 3 aromatic heterocycles. The Bertz CT molecular complexity index is 1420. The molecule has 1 fully saturated rings. The van der Waals surface area contributed by atoms with Gasteiger partial charge < -0.3 is 19.8 Å². The number of H-pyrrole nitrogens is 1. The number of carbonyl (C=O) groups is 1. The summed E-state index contributed by atoms with van der Waals surface area (Å²) in [6.45, 7) is 4.48. The van der Waals surface area contributed by atoms with Gasteiger partial charge in [-0.25, -0.2) is 9.97 Å². The van der Waals surface area contributed by atoms with E-state index in [1.54, 1.807) is 24.5 Å². The highest BCUT2D eigenvalue weighted by atomic mass is 16.6. The van der Waals surface area contributed by atoms with E-state index in [1.807, 2.05) is 30.5 Å². The molecule has 8 heteroatoms. The summed E-state index contributed by atoms with van der Waals surface area (Å²) in [6.07, 6.45) is 6.41. The van der Waals surface area contributed by atoms with Crippen molar-refractivity contribution in [1.29, 1.82) is 5.26 Å². The van der Waals surface area contributed by atoms with Gasteiger partial charge in [-0.15, -0.1) is 0 Å². The number of hydrogen-bond donors (Lipinski definition) is 2. The Hall–Kier alpha value is -4.48. The molecule has 0 aliphatic carbocycles. The number of nitriles is 1. The number of aromatic amines is 1. The number of fused-ring (bicyclic) bond motifs is 1. The van der Waals surface area contributed by atoms with Gasteiger partial charge in [-0.3, -0.25) is 4.79 Å². The Labute approximate surface area is 189 Å². The fourth-order valence-electron chi connectivity index (χ4n) is 3.57. The van der Waals surface area contributed by atoms with Crippen molar-refractivity contribution < 1.29 is 14.3 Å². The Morgan fingerprint density at radius 2 is 2.03 bits per heavy atom. The number of rotatable bonds is 6. The van der Waals surface area contributed by atoms with Crippen LogP contribution in [0.1, 0.15) is 5.56 Å². The van der Waals surface area contributed by atoms with Crippen molar-refractivity contribution >= 4 is 22.6 Å². The van der Waals surface area contributed by atoms with Gasteiger partial charge in [-0.05, 0) is 35.9 Å². The second-order valence-electron chi connectivity index (χ2n) is 7.56. The zero-order valence-electron chi connectivity index (χ0n) is 17.5. The van der Waals surface area contributed by atoms with Crippen LogP contribution in [0.3, 0.4) is 0 Å². The zero-order chi connectivity index (χ0) is 22.8. The molecule has 0 atom stereocenters. The van der Waals surface area contributed by atoms with Crippen LogP contribution in [0.15, 0.2) is 67.6 Å². The highest BCUT2D eigenvalue weighted by Crippen LogP contribution is 2.34. The molecule has 1 aliphatic rings. The number of hydrogen-bond acceptors (Lipinski definition) is 6. The molecular formula is C25H19N5O3. The monoisotopic (exact) mass is 437 g/mol. The molecule has 33 heavy (non-hydrogen) atoms. The third-order valence-corrected chi connectivity index (χ3v) is 5.35. The molecule has 0 bridgehead atoms. The highest BCUT2D eigenvalue weighted by Gasteiger charge is 2.23. The first-order chi connectivity index (χ1) is 16.1. The maximum absolute atomic E-state index is 12.0. The number of nitrogens with zero attached hydrogens (tertiary/aromatic N) is 3. The number of anilines is 1. The summed E-state index contributed by atoms with van der Waals surface area (Å²) in [7, 11) is 0. The van der Waals surface area contributed by atoms with Crippen LogP contribution in [0, 0.1) is 11.3 Å². The zero-order valence-corrected chi connectivity index (χ0v) is 17.5. The Morgan fingerprint density at radius 1 is 1.21 bits per heavy atom. The molecule has 4 aromatic rings. The molecule has 0 radical (unpaired) electrons. The smallest absolute Gasteiger partial charge is 0.247 e. The van der Waals surface area contributed by atoms with Crippen LogP contribution in [0.2, 0.25) is 0 Å². The molecule has 162 valence electrons. The van der Waals surface area contributed by atoms with Gasteiger partial charge in [0.2, 0.25) is 11.8 Å². The molecule has 0 saturated carbocycles. The van der Waals surface area contributed by atoms with Crippen LogP contribution >= 0.6 is 0 Å². The third kappa shape index (κ3) is 4.05. The molecule has 0 spiro atoms. The lowest BCUT2D eigenvalue weighted by Crippen LogP contribution is -2.39. The standard InChI is InChI=1S/C25H19N5O3/c1-2-23(31)30-22-8-18(11-29-25(22)33-19-13-32-14-19)17-7-20-21(12-28-24(20)27-10-17)16-5-3-4-15(6-16)9-26/h2-8,10-12,19H,1,13-14H2,(H,27,28)(H,30,31). The van der Waals surface area contributed by atoms with Gasteiger partial charge >= 0.3 is 0 Å². The fourth-order valence-corrected chi connectivity index (χ4v) is 3.57. The minimum absolute atomic E-state index is 0.0904. The maximum Gasteiger partial charge on any atom is 0.247 e. The van der Waals surface area contributed by atoms with Crippen LogP contribution in [-0.4, -0.2) is 40.2 Å². The lowest BCUT2D eigenvalue weighted by molar-refractivity contribution is -0.112. The van der Waals surface area contributed by atoms with E-state index in [4.69, 9.17) is 9.47 Å². The maximum atomic E-state index is 12.0. The number of pyridine rings is 2. The topological polar surface area (TPSA) is 113 Å². The SMILES string of the molecule is C=CC(=O)Nc1cc(-c2cnc3[nH]cc(-c4cccc(C#N)c4)c3c2)cnc1OC1COC1. The van der Waals surface area contributed by atoms with Crippen LogP contribution in [0.25, 0.3) is 33.3 Å². The molecule has 5 rings (SSSR count). The van der Waals surface area contributed by atoms with Gasteiger partial charge in [-0.2, -0.15) is 5.26 Å². The summed E-state index contributed by atoms with van der Waals surface area (Å²) in [5.41, 5.74) is 5.20. The van der Waals surface area contributed by atoms with E-state index in [-0.39, 0.29) is 12.0 Å². The minimum atomic E-state index is -0.359. The predicted octanol–water partition coefficient (Wildman–Crippen LogP) is 4.07. The van der Waals surface area contributed by atoms with Crippen LogP contribution in [0.4, 0.5) is 5.69 Å². The molecule has 1 amide bonds. The van der Waals surface area contributed by atoms with E-state index in [9.17, 15) is 10.1 Å². The molecule has 2 N–H and O–H groups in total. The molecule has 1 saturated heterocycles.